The second kappa shape index (κ2) is 5.83. The summed E-state index contributed by atoms with van der Waals surface area (Å²) in [5, 5.41) is 0.730. The molecule has 2 N–H and O–H groups in total. The lowest BCUT2D eigenvalue weighted by molar-refractivity contribution is 0.690. The molecule has 2 nitrogen and oxygen atoms in total. The molecular formula is C14H14BrClN2. The van der Waals surface area contributed by atoms with Gasteiger partial charge in [-0.1, -0.05) is 39.7 Å². The van der Waals surface area contributed by atoms with Crippen molar-refractivity contribution in [3.8, 4) is 0 Å². The fraction of sp³-hybridized carbons (Fsp3) is 0.214. The maximum atomic E-state index is 6.20. The Kier molecular flexibility index (Phi) is 4.38. The van der Waals surface area contributed by atoms with Gasteiger partial charge in [-0.2, -0.15) is 0 Å². The van der Waals surface area contributed by atoms with E-state index >= 15 is 0 Å². The van der Waals surface area contributed by atoms with Gasteiger partial charge in [0.15, 0.2) is 0 Å². The maximum Gasteiger partial charge on any atom is 0.0603 e. The van der Waals surface area contributed by atoms with Crippen molar-refractivity contribution < 1.29 is 0 Å². The Morgan fingerprint density at radius 1 is 1.39 bits per heavy atom. The quantitative estimate of drug-likeness (QED) is 0.924. The molecule has 0 aliphatic heterocycles. The predicted octanol–water partition coefficient (Wildman–Crippen LogP) is 4.05. The van der Waals surface area contributed by atoms with Crippen LogP contribution in [0, 0.1) is 6.92 Å². The van der Waals surface area contributed by atoms with Crippen LogP contribution in [-0.4, -0.2) is 4.98 Å². The molecule has 1 unspecified atom stereocenters. The summed E-state index contributed by atoms with van der Waals surface area (Å²) in [5.74, 6) is 0. The van der Waals surface area contributed by atoms with E-state index < -0.39 is 0 Å². The molecule has 1 heterocycles. The maximum absolute atomic E-state index is 6.20. The number of nitrogens with zero attached hydrogens (tertiary/aromatic N) is 1. The van der Waals surface area contributed by atoms with Gasteiger partial charge in [-0.3, -0.25) is 4.98 Å². The average molecular weight is 326 g/mol. The molecule has 0 bridgehead atoms. The molecule has 94 valence electrons. The van der Waals surface area contributed by atoms with Gasteiger partial charge in [0, 0.05) is 15.7 Å². The molecule has 0 amide bonds. The fourth-order valence-corrected chi connectivity index (χ4v) is 2.66. The zero-order valence-electron chi connectivity index (χ0n) is 10.0. The molecule has 0 fully saturated rings. The van der Waals surface area contributed by atoms with E-state index in [-0.39, 0.29) is 6.04 Å². The van der Waals surface area contributed by atoms with Crippen LogP contribution in [0.3, 0.4) is 0 Å². The zero-order valence-corrected chi connectivity index (χ0v) is 12.4. The van der Waals surface area contributed by atoms with Gasteiger partial charge in [-0.15, -0.1) is 0 Å². The average Bonchev–Trinajstić information content (AvgIpc) is 2.33. The molecule has 4 heteroatoms. The standard InChI is InChI=1S/C14H14BrClN2/c1-9-3-2-6-18-14(9)13(17)7-10-4-5-11(15)8-12(10)16/h2-6,8,13H,7,17H2,1H3. The highest BCUT2D eigenvalue weighted by molar-refractivity contribution is 9.10. The SMILES string of the molecule is Cc1cccnc1C(N)Cc1ccc(Br)cc1Cl. The molecule has 1 aromatic carbocycles. The first kappa shape index (κ1) is 13.5. The van der Waals surface area contributed by atoms with Crippen LogP contribution in [0.15, 0.2) is 41.0 Å². The third-order valence-corrected chi connectivity index (χ3v) is 3.70. The van der Waals surface area contributed by atoms with Crippen molar-refractivity contribution in [3.05, 3.63) is 62.8 Å². The number of aryl methyl sites for hydroxylation is 1. The lowest BCUT2D eigenvalue weighted by Gasteiger charge is -2.14. The highest BCUT2D eigenvalue weighted by Crippen LogP contribution is 2.25. The van der Waals surface area contributed by atoms with Crippen LogP contribution >= 0.6 is 27.5 Å². The molecule has 0 saturated carbocycles. The van der Waals surface area contributed by atoms with Gasteiger partial charge < -0.3 is 5.73 Å². The van der Waals surface area contributed by atoms with E-state index in [0.29, 0.717) is 6.42 Å². The van der Waals surface area contributed by atoms with Crippen molar-refractivity contribution >= 4 is 27.5 Å². The van der Waals surface area contributed by atoms with E-state index in [1.165, 1.54) is 0 Å². The Balaban J connectivity index is 2.21. The third kappa shape index (κ3) is 3.10. The highest BCUT2D eigenvalue weighted by atomic mass is 79.9. The number of aromatic nitrogens is 1. The first-order valence-electron chi connectivity index (χ1n) is 5.69. The monoisotopic (exact) mass is 324 g/mol. The fourth-order valence-electron chi connectivity index (χ4n) is 1.91. The first-order valence-corrected chi connectivity index (χ1v) is 6.86. The number of rotatable bonds is 3. The highest BCUT2D eigenvalue weighted by Gasteiger charge is 2.12. The normalized spacial score (nSPS) is 12.4. The minimum Gasteiger partial charge on any atom is -0.322 e. The Hall–Kier alpha value is -0.900. The minimum absolute atomic E-state index is 0.134. The van der Waals surface area contributed by atoms with Crippen LogP contribution in [0.5, 0.6) is 0 Å². The number of nitrogens with two attached hydrogens (primary N) is 1. The Labute approximate surface area is 120 Å². The number of hydrogen-bond donors (Lipinski definition) is 1. The van der Waals surface area contributed by atoms with Gasteiger partial charge in [0.05, 0.1) is 11.7 Å². The van der Waals surface area contributed by atoms with Gasteiger partial charge in [0.2, 0.25) is 0 Å². The van der Waals surface area contributed by atoms with Crippen LogP contribution in [0.4, 0.5) is 0 Å². The lowest BCUT2D eigenvalue weighted by atomic mass is 10.0. The molecule has 1 aromatic heterocycles. The molecular weight excluding hydrogens is 312 g/mol. The Morgan fingerprint density at radius 3 is 2.83 bits per heavy atom. The summed E-state index contributed by atoms with van der Waals surface area (Å²) in [6, 6.07) is 9.65. The van der Waals surface area contributed by atoms with Crippen LogP contribution in [0.1, 0.15) is 22.9 Å². The van der Waals surface area contributed by atoms with Crippen molar-refractivity contribution in [1.29, 1.82) is 0 Å². The number of hydrogen-bond acceptors (Lipinski definition) is 2. The van der Waals surface area contributed by atoms with Crippen LogP contribution in [-0.2, 0) is 6.42 Å². The smallest absolute Gasteiger partial charge is 0.0603 e. The second-order valence-corrected chi connectivity index (χ2v) is 5.57. The topological polar surface area (TPSA) is 38.9 Å². The molecule has 0 spiro atoms. The Bertz CT molecular complexity index is 557. The van der Waals surface area contributed by atoms with Crippen molar-refractivity contribution in [2.24, 2.45) is 5.73 Å². The molecule has 2 aromatic rings. The summed E-state index contributed by atoms with van der Waals surface area (Å²) in [6.07, 6.45) is 2.45. The van der Waals surface area contributed by atoms with Gasteiger partial charge >= 0.3 is 0 Å². The van der Waals surface area contributed by atoms with E-state index in [1.54, 1.807) is 6.20 Å². The molecule has 0 saturated heterocycles. The van der Waals surface area contributed by atoms with E-state index in [2.05, 4.69) is 20.9 Å². The molecule has 18 heavy (non-hydrogen) atoms. The van der Waals surface area contributed by atoms with Crippen molar-refractivity contribution in [2.75, 3.05) is 0 Å². The summed E-state index contributed by atoms with van der Waals surface area (Å²) in [7, 11) is 0. The molecule has 0 aliphatic rings. The molecule has 0 aliphatic carbocycles. The van der Waals surface area contributed by atoms with Crippen LogP contribution < -0.4 is 5.73 Å². The lowest BCUT2D eigenvalue weighted by Crippen LogP contribution is -2.16. The van der Waals surface area contributed by atoms with Crippen molar-refractivity contribution in [3.63, 3.8) is 0 Å². The molecule has 1 atom stereocenters. The van der Waals surface area contributed by atoms with Gasteiger partial charge in [-0.05, 0) is 42.7 Å². The van der Waals surface area contributed by atoms with Gasteiger partial charge in [0.25, 0.3) is 0 Å². The number of pyridine rings is 1. The van der Waals surface area contributed by atoms with Crippen molar-refractivity contribution in [2.45, 2.75) is 19.4 Å². The molecule has 2 rings (SSSR count). The summed E-state index contributed by atoms with van der Waals surface area (Å²) in [6.45, 7) is 2.02. The Morgan fingerprint density at radius 2 is 2.17 bits per heavy atom. The van der Waals surface area contributed by atoms with Gasteiger partial charge in [-0.25, -0.2) is 0 Å². The number of halogens is 2. The second-order valence-electron chi connectivity index (χ2n) is 4.25. The van der Waals surface area contributed by atoms with Gasteiger partial charge in [0.1, 0.15) is 0 Å². The van der Waals surface area contributed by atoms with E-state index in [4.69, 9.17) is 17.3 Å². The predicted molar refractivity (Wildman–Crippen MR) is 78.8 cm³/mol. The minimum atomic E-state index is -0.134. The van der Waals surface area contributed by atoms with Crippen LogP contribution in [0.25, 0.3) is 0 Å². The third-order valence-electron chi connectivity index (χ3n) is 2.86. The summed E-state index contributed by atoms with van der Waals surface area (Å²) < 4.78 is 0.971. The number of benzene rings is 1. The largest absolute Gasteiger partial charge is 0.322 e. The summed E-state index contributed by atoms with van der Waals surface area (Å²) in [4.78, 5) is 4.34. The van der Waals surface area contributed by atoms with E-state index in [1.807, 2.05) is 37.3 Å². The summed E-state index contributed by atoms with van der Waals surface area (Å²) >= 11 is 9.59. The zero-order chi connectivity index (χ0) is 13.1. The molecule has 0 radical (unpaired) electrons. The van der Waals surface area contributed by atoms with Crippen LogP contribution in [0.2, 0.25) is 5.02 Å². The first-order chi connectivity index (χ1) is 8.58. The summed E-state index contributed by atoms with van der Waals surface area (Å²) in [5.41, 5.74) is 9.28. The van der Waals surface area contributed by atoms with E-state index in [0.717, 1.165) is 26.3 Å². The van der Waals surface area contributed by atoms with E-state index in [9.17, 15) is 0 Å². The van der Waals surface area contributed by atoms with Crippen molar-refractivity contribution in [1.82, 2.24) is 4.98 Å².